The second-order valence-corrected chi connectivity index (χ2v) is 3.45. The molecule has 0 saturated heterocycles. The minimum Gasteiger partial charge on any atom is -0.343 e. The zero-order chi connectivity index (χ0) is 10.5. The predicted molar refractivity (Wildman–Crippen MR) is 56.3 cm³/mol. The highest BCUT2D eigenvalue weighted by Gasteiger charge is 2.00. The van der Waals surface area contributed by atoms with Crippen LogP contribution >= 0.6 is 11.6 Å². The van der Waals surface area contributed by atoms with Gasteiger partial charge in [-0.15, -0.1) is 0 Å². The molecule has 0 aliphatic heterocycles. The standard InChI is InChI=1S/C10H10ClN3O/c11-9-4-2-1-3-8(9)5-12-6-10-13-7-15-14-10/h1-4,7,12H,5-6H2. The molecule has 0 aliphatic carbocycles. The minimum absolute atomic E-state index is 0.571. The van der Waals surface area contributed by atoms with Gasteiger partial charge in [0.25, 0.3) is 0 Å². The fraction of sp³-hybridized carbons (Fsp3) is 0.200. The maximum atomic E-state index is 6.00. The normalized spacial score (nSPS) is 10.5. The van der Waals surface area contributed by atoms with Gasteiger partial charge in [0.15, 0.2) is 5.82 Å². The molecule has 78 valence electrons. The monoisotopic (exact) mass is 223 g/mol. The van der Waals surface area contributed by atoms with Crippen LogP contribution in [0.5, 0.6) is 0 Å². The average Bonchev–Trinajstić information content (AvgIpc) is 2.74. The van der Waals surface area contributed by atoms with Crippen LogP contribution in [0.2, 0.25) is 5.02 Å². The molecule has 4 nitrogen and oxygen atoms in total. The molecule has 0 unspecified atom stereocenters. The molecule has 1 aromatic carbocycles. The first-order chi connectivity index (χ1) is 7.36. The van der Waals surface area contributed by atoms with Gasteiger partial charge in [-0.05, 0) is 11.6 Å². The first-order valence-electron chi connectivity index (χ1n) is 4.55. The van der Waals surface area contributed by atoms with Crippen molar-refractivity contribution in [1.29, 1.82) is 0 Å². The second-order valence-electron chi connectivity index (χ2n) is 3.04. The number of nitrogens with one attached hydrogen (secondary N) is 1. The van der Waals surface area contributed by atoms with E-state index in [0.717, 1.165) is 10.6 Å². The summed E-state index contributed by atoms with van der Waals surface area (Å²) in [5, 5.41) is 7.63. The molecule has 0 radical (unpaired) electrons. The van der Waals surface area contributed by atoms with Crippen molar-refractivity contribution in [3.63, 3.8) is 0 Å². The quantitative estimate of drug-likeness (QED) is 0.862. The maximum absolute atomic E-state index is 6.00. The highest BCUT2D eigenvalue weighted by Crippen LogP contribution is 2.14. The third-order valence-electron chi connectivity index (χ3n) is 1.96. The molecule has 0 atom stereocenters. The van der Waals surface area contributed by atoms with Crippen LogP contribution in [0.3, 0.4) is 0 Å². The highest BCUT2D eigenvalue weighted by atomic mass is 35.5. The summed E-state index contributed by atoms with van der Waals surface area (Å²) in [6.07, 6.45) is 1.31. The lowest BCUT2D eigenvalue weighted by Crippen LogP contribution is -2.13. The van der Waals surface area contributed by atoms with E-state index < -0.39 is 0 Å². The van der Waals surface area contributed by atoms with Crippen molar-refractivity contribution >= 4 is 11.6 Å². The lowest BCUT2D eigenvalue weighted by Gasteiger charge is -2.03. The summed E-state index contributed by atoms with van der Waals surface area (Å²) < 4.78 is 4.61. The first kappa shape index (κ1) is 10.1. The molecular weight excluding hydrogens is 214 g/mol. The van der Waals surface area contributed by atoms with Crippen LogP contribution in [0.4, 0.5) is 0 Å². The summed E-state index contributed by atoms with van der Waals surface area (Å²) in [7, 11) is 0. The zero-order valence-corrected chi connectivity index (χ0v) is 8.74. The van der Waals surface area contributed by atoms with E-state index in [-0.39, 0.29) is 0 Å². The topological polar surface area (TPSA) is 51.0 Å². The van der Waals surface area contributed by atoms with Crippen molar-refractivity contribution in [3.05, 3.63) is 47.1 Å². The average molecular weight is 224 g/mol. The van der Waals surface area contributed by atoms with Crippen LogP contribution in [0.25, 0.3) is 0 Å². The van der Waals surface area contributed by atoms with Crippen molar-refractivity contribution < 1.29 is 4.52 Å². The summed E-state index contributed by atoms with van der Waals surface area (Å²) in [5.74, 6) is 0.641. The Labute approximate surface area is 92.3 Å². The lowest BCUT2D eigenvalue weighted by atomic mass is 10.2. The van der Waals surface area contributed by atoms with Crippen LogP contribution in [0.1, 0.15) is 11.4 Å². The summed E-state index contributed by atoms with van der Waals surface area (Å²) in [6, 6.07) is 7.71. The third-order valence-corrected chi connectivity index (χ3v) is 2.33. The predicted octanol–water partition coefficient (Wildman–Crippen LogP) is 2.01. The van der Waals surface area contributed by atoms with Crippen molar-refractivity contribution in [2.75, 3.05) is 0 Å². The molecule has 1 heterocycles. The van der Waals surface area contributed by atoms with Gasteiger partial charge >= 0.3 is 0 Å². The number of hydrogen-bond donors (Lipinski definition) is 1. The van der Waals surface area contributed by atoms with E-state index in [9.17, 15) is 0 Å². The van der Waals surface area contributed by atoms with Crippen LogP contribution in [-0.4, -0.2) is 10.1 Å². The minimum atomic E-state index is 0.571. The highest BCUT2D eigenvalue weighted by molar-refractivity contribution is 6.31. The molecule has 1 aromatic heterocycles. The largest absolute Gasteiger partial charge is 0.343 e. The molecule has 0 fully saturated rings. The number of aromatic nitrogens is 2. The Hall–Kier alpha value is -1.39. The van der Waals surface area contributed by atoms with Gasteiger partial charge in [-0.3, -0.25) is 0 Å². The van der Waals surface area contributed by atoms with Gasteiger partial charge in [-0.1, -0.05) is 35.0 Å². The molecule has 0 aliphatic rings. The fourth-order valence-corrected chi connectivity index (χ4v) is 1.42. The van der Waals surface area contributed by atoms with Gasteiger partial charge in [0, 0.05) is 11.6 Å². The number of benzene rings is 1. The molecule has 0 bridgehead atoms. The van der Waals surface area contributed by atoms with Crippen LogP contribution in [-0.2, 0) is 13.1 Å². The molecule has 2 aromatic rings. The van der Waals surface area contributed by atoms with Crippen molar-refractivity contribution in [2.24, 2.45) is 0 Å². The van der Waals surface area contributed by atoms with E-state index in [1.807, 2.05) is 24.3 Å². The third kappa shape index (κ3) is 2.78. The van der Waals surface area contributed by atoms with Crippen molar-refractivity contribution in [2.45, 2.75) is 13.1 Å². The Balaban J connectivity index is 1.86. The molecule has 0 spiro atoms. The summed E-state index contributed by atoms with van der Waals surface area (Å²) >= 11 is 6.00. The summed E-state index contributed by atoms with van der Waals surface area (Å²) in [5.41, 5.74) is 1.06. The molecule has 15 heavy (non-hydrogen) atoms. The van der Waals surface area contributed by atoms with Gasteiger partial charge in [-0.25, -0.2) is 0 Å². The number of nitrogens with zero attached hydrogens (tertiary/aromatic N) is 2. The Morgan fingerprint density at radius 1 is 1.27 bits per heavy atom. The smallest absolute Gasteiger partial charge is 0.213 e. The first-order valence-corrected chi connectivity index (χ1v) is 4.93. The molecule has 0 amide bonds. The van der Waals surface area contributed by atoms with Crippen LogP contribution < -0.4 is 5.32 Å². The van der Waals surface area contributed by atoms with Gasteiger partial charge in [-0.2, -0.15) is 4.98 Å². The van der Waals surface area contributed by atoms with Gasteiger partial charge in [0.05, 0.1) is 6.54 Å². The van der Waals surface area contributed by atoms with Crippen LogP contribution in [0.15, 0.2) is 35.2 Å². The summed E-state index contributed by atoms with van der Waals surface area (Å²) in [4.78, 5) is 3.90. The molecule has 1 N–H and O–H groups in total. The van der Waals surface area contributed by atoms with E-state index in [0.29, 0.717) is 18.9 Å². The Morgan fingerprint density at radius 3 is 2.87 bits per heavy atom. The van der Waals surface area contributed by atoms with E-state index in [1.165, 1.54) is 6.39 Å². The number of halogens is 1. The van der Waals surface area contributed by atoms with E-state index >= 15 is 0 Å². The number of rotatable bonds is 4. The second kappa shape index (κ2) is 4.91. The lowest BCUT2D eigenvalue weighted by molar-refractivity contribution is 0.407. The van der Waals surface area contributed by atoms with E-state index in [1.54, 1.807) is 0 Å². The van der Waals surface area contributed by atoms with Crippen molar-refractivity contribution in [1.82, 2.24) is 15.5 Å². The summed E-state index contributed by atoms with van der Waals surface area (Å²) in [6.45, 7) is 1.26. The molecule has 2 rings (SSSR count). The molecule has 5 heteroatoms. The Bertz CT molecular complexity index is 416. The van der Waals surface area contributed by atoms with Gasteiger partial charge < -0.3 is 9.84 Å². The van der Waals surface area contributed by atoms with E-state index in [2.05, 4.69) is 20.0 Å². The van der Waals surface area contributed by atoms with E-state index in [4.69, 9.17) is 11.6 Å². The Kier molecular flexibility index (Phi) is 3.32. The van der Waals surface area contributed by atoms with Gasteiger partial charge in [0.1, 0.15) is 0 Å². The fourth-order valence-electron chi connectivity index (χ4n) is 1.22. The molecular formula is C10H10ClN3O. The van der Waals surface area contributed by atoms with Crippen LogP contribution in [0, 0.1) is 0 Å². The molecule has 0 saturated carbocycles. The van der Waals surface area contributed by atoms with Crippen molar-refractivity contribution in [3.8, 4) is 0 Å². The maximum Gasteiger partial charge on any atom is 0.213 e. The van der Waals surface area contributed by atoms with Gasteiger partial charge in [0.2, 0.25) is 6.39 Å². The zero-order valence-electron chi connectivity index (χ0n) is 7.98. The SMILES string of the molecule is Clc1ccccc1CNCc1ncon1. The Morgan fingerprint density at radius 2 is 2.13 bits per heavy atom. The number of hydrogen-bond acceptors (Lipinski definition) is 4.